The first-order valence-corrected chi connectivity index (χ1v) is 24.6. The van der Waals surface area contributed by atoms with Crippen molar-refractivity contribution in [1.82, 2.24) is 0 Å². The molecule has 0 aliphatic carbocycles. The van der Waals surface area contributed by atoms with Gasteiger partial charge in [-0.2, -0.15) is 0 Å². The van der Waals surface area contributed by atoms with Crippen molar-refractivity contribution in [2.24, 2.45) is 0 Å². The second-order valence-electron chi connectivity index (χ2n) is 17.0. The number of fused-ring (bicyclic) bond motifs is 2. The molecule has 0 N–H and O–H groups in total. The van der Waals surface area contributed by atoms with Gasteiger partial charge in [0.2, 0.25) is 0 Å². The minimum Gasteiger partial charge on any atom is -0.311 e. The van der Waals surface area contributed by atoms with Crippen molar-refractivity contribution < 1.29 is 0 Å². The third-order valence-corrected chi connectivity index (χ3v) is 15.1. The molecular weight excluding hydrogens is 861 g/mol. The van der Waals surface area contributed by atoms with Crippen LogP contribution in [0.4, 0.5) is 34.1 Å². The lowest BCUT2D eigenvalue weighted by atomic mass is 10.0. The van der Waals surface area contributed by atoms with Crippen LogP contribution in [0.5, 0.6) is 0 Å². The Balaban J connectivity index is 0.857. The lowest BCUT2D eigenvalue weighted by molar-refractivity contribution is 1.28. The Labute approximate surface area is 405 Å². The number of hydrogen-bond donors (Lipinski definition) is 0. The number of benzene rings is 10. The van der Waals surface area contributed by atoms with Crippen LogP contribution >= 0.6 is 22.7 Å². The fourth-order valence-corrected chi connectivity index (χ4v) is 11.3. The molecule has 0 bridgehead atoms. The zero-order valence-electron chi connectivity index (χ0n) is 37.1. The lowest BCUT2D eigenvalue weighted by Crippen LogP contribution is -2.10. The van der Waals surface area contributed by atoms with Gasteiger partial charge < -0.3 is 9.80 Å². The minimum atomic E-state index is 1.09. The van der Waals surface area contributed by atoms with E-state index in [1.165, 1.54) is 63.3 Å². The summed E-state index contributed by atoms with van der Waals surface area (Å²) in [4.78, 5) is 7.25. The SMILES string of the molecule is c1ccc(-c2ccc(N(c3ccc(-c4ccc(N(c5ccc(-c6ccccc6)cc5)c5ccc(-c6cc7ccccc7s6)cc5)cc4)cc3)c3ccc(-c4cc5ccccc5s4)cc3)cc2)cc1. The van der Waals surface area contributed by atoms with Gasteiger partial charge in [0.1, 0.15) is 0 Å². The first kappa shape index (κ1) is 41.2. The van der Waals surface area contributed by atoms with Crippen LogP contribution in [0.15, 0.2) is 267 Å². The van der Waals surface area contributed by atoms with Gasteiger partial charge in [0, 0.05) is 53.3 Å². The van der Waals surface area contributed by atoms with E-state index in [0.717, 1.165) is 45.3 Å². The molecule has 12 rings (SSSR count). The van der Waals surface area contributed by atoms with Gasteiger partial charge in [0.25, 0.3) is 0 Å². The van der Waals surface area contributed by atoms with E-state index in [2.05, 4.69) is 277 Å². The molecule has 2 heterocycles. The van der Waals surface area contributed by atoms with E-state index in [4.69, 9.17) is 0 Å². The first-order valence-electron chi connectivity index (χ1n) is 23.0. The van der Waals surface area contributed by atoms with Crippen LogP contribution in [0.2, 0.25) is 0 Å². The van der Waals surface area contributed by atoms with E-state index in [1.54, 1.807) is 0 Å². The molecule has 0 spiro atoms. The summed E-state index contributed by atoms with van der Waals surface area (Å²) in [6, 6.07) is 96.7. The second-order valence-corrected chi connectivity index (χ2v) is 19.1. The highest BCUT2D eigenvalue weighted by Crippen LogP contribution is 2.42. The number of nitrogens with zero attached hydrogens (tertiary/aromatic N) is 2. The summed E-state index contributed by atoms with van der Waals surface area (Å²) >= 11 is 3.68. The molecule has 322 valence electrons. The molecule has 10 aromatic carbocycles. The van der Waals surface area contributed by atoms with Gasteiger partial charge in [0.05, 0.1) is 0 Å². The summed E-state index contributed by atoms with van der Waals surface area (Å²) in [5, 5.41) is 2.57. The van der Waals surface area contributed by atoms with Crippen molar-refractivity contribution >= 4 is 77.0 Å². The molecule has 0 unspecified atom stereocenters. The molecule has 0 radical (unpaired) electrons. The van der Waals surface area contributed by atoms with E-state index in [0.29, 0.717) is 0 Å². The van der Waals surface area contributed by atoms with Gasteiger partial charge in [-0.1, -0.05) is 170 Å². The van der Waals surface area contributed by atoms with Crippen molar-refractivity contribution in [2.45, 2.75) is 0 Å². The molecule has 0 atom stereocenters. The molecule has 2 aromatic heterocycles. The van der Waals surface area contributed by atoms with Gasteiger partial charge in [-0.25, -0.2) is 0 Å². The first-order chi connectivity index (χ1) is 33.7. The van der Waals surface area contributed by atoms with Gasteiger partial charge >= 0.3 is 0 Å². The molecule has 0 saturated heterocycles. The van der Waals surface area contributed by atoms with E-state index in [-0.39, 0.29) is 0 Å². The van der Waals surface area contributed by atoms with Crippen molar-refractivity contribution in [3.8, 4) is 54.3 Å². The van der Waals surface area contributed by atoms with Crippen molar-refractivity contribution in [3.05, 3.63) is 267 Å². The quantitative estimate of drug-likeness (QED) is 0.128. The summed E-state index contributed by atoms with van der Waals surface area (Å²) in [7, 11) is 0. The van der Waals surface area contributed by atoms with Gasteiger partial charge in [0.15, 0.2) is 0 Å². The number of anilines is 6. The summed E-state index contributed by atoms with van der Waals surface area (Å²) in [6.07, 6.45) is 0. The third kappa shape index (κ3) is 8.28. The smallest absolute Gasteiger partial charge is 0.0462 e. The maximum Gasteiger partial charge on any atom is 0.0462 e. The number of rotatable bonds is 11. The van der Waals surface area contributed by atoms with Crippen LogP contribution in [-0.2, 0) is 0 Å². The summed E-state index contributed by atoms with van der Waals surface area (Å²) in [5.41, 5.74) is 16.2. The highest BCUT2D eigenvalue weighted by molar-refractivity contribution is 7.22. The van der Waals surface area contributed by atoms with E-state index in [1.807, 2.05) is 22.7 Å². The summed E-state index contributed by atoms with van der Waals surface area (Å²) in [5.74, 6) is 0. The third-order valence-electron chi connectivity index (χ3n) is 12.7. The minimum absolute atomic E-state index is 1.09. The average molecular weight is 905 g/mol. The maximum absolute atomic E-state index is 2.35. The zero-order chi connectivity index (χ0) is 45.2. The highest BCUT2D eigenvalue weighted by atomic mass is 32.1. The molecule has 0 fully saturated rings. The zero-order valence-corrected chi connectivity index (χ0v) is 38.7. The van der Waals surface area contributed by atoms with Crippen LogP contribution in [0.25, 0.3) is 74.4 Å². The Morgan fingerprint density at radius 1 is 0.206 bits per heavy atom. The van der Waals surface area contributed by atoms with Crippen molar-refractivity contribution in [3.63, 3.8) is 0 Å². The number of thiophene rings is 2. The second kappa shape index (κ2) is 18.2. The molecule has 68 heavy (non-hydrogen) atoms. The fraction of sp³-hybridized carbons (Fsp3) is 0. The van der Waals surface area contributed by atoms with E-state index < -0.39 is 0 Å². The van der Waals surface area contributed by atoms with E-state index in [9.17, 15) is 0 Å². The van der Waals surface area contributed by atoms with Gasteiger partial charge in [-0.05, 0) is 152 Å². The van der Waals surface area contributed by atoms with Crippen LogP contribution in [0.3, 0.4) is 0 Å². The molecule has 12 aromatic rings. The fourth-order valence-electron chi connectivity index (χ4n) is 9.17. The van der Waals surface area contributed by atoms with E-state index >= 15 is 0 Å². The molecule has 0 amide bonds. The average Bonchev–Trinajstić information content (AvgIpc) is 4.06. The topological polar surface area (TPSA) is 6.48 Å². The summed E-state index contributed by atoms with van der Waals surface area (Å²) in [6.45, 7) is 0. The van der Waals surface area contributed by atoms with Crippen molar-refractivity contribution in [2.75, 3.05) is 9.80 Å². The molecule has 4 heteroatoms. The predicted molar refractivity (Wildman–Crippen MR) is 294 cm³/mol. The van der Waals surface area contributed by atoms with Gasteiger partial charge in [-0.15, -0.1) is 22.7 Å². The van der Waals surface area contributed by atoms with Crippen molar-refractivity contribution in [1.29, 1.82) is 0 Å². The Morgan fingerprint density at radius 2 is 0.441 bits per heavy atom. The van der Waals surface area contributed by atoms with Gasteiger partial charge in [-0.3, -0.25) is 0 Å². The molecular formula is C64H44N2S2. The molecule has 0 saturated carbocycles. The Bertz CT molecular complexity index is 3300. The molecule has 0 aliphatic rings. The van der Waals surface area contributed by atoms with Crippen LogP contribution in [0, 0.1) is 0 Å². The Kier molecular flexibility index (Phi) is 11.0. The monoisotopic (exact) mass is 904 g/mol. The van der Waals surface area contributed by atoms with Crippen LogP contribution in [0.1, 0.15) is 0 Å². The number of hydrogen-bond acceptors (Lipinski definition) is 4. The standard InChI is InChI=1S/C64H44N2S2/c1-3-11-45(12-4-1)47-19-31-55(32-20-47)65(59-39-27-51(28-40-59)63-43-53-15-7-9-17-61(53)67-63)57-35-23-49(24-36-57)50-25-37-58(38-26-50)66(56-33-21-48(22-34-56)46-13-5-2-6-14-46)60-41-29-52(30-42-60)64-44-54-16-8-10-18-62(54)68-64/h1-44H. The summed E-state index contributed by atoms with van der Waals surface area (Å²) < 4.78 is 2.61. The molecule has 0 aliphatic heterocycles. The predicted octanol–water partition coefficient (Wildman–Crippen LogP) is 19.4. The Morgan fingerprint density at radius 3 is 0.721 bits per heavy atom. The maximum atomic E-state index is 2.35. The highest BCUT2D eigenvalue weighted by Gasteiger charge is 2.17. The normalized spacial score (nSPS) is 11.2. The largest absolute Gasteiger partial charge is 0.311 e. The Hall–Kier alpha value is -8.28. The lowest BCUT2D eigenvalue weighted by Gasteiger charge is -2.26. The van der Waals surface area contributed by atoms with Crippen LogP contribution in [-0.4, -0.2) is 0 Å². The van der Waals surface area contributed by atoms with Crippen LogP contribution < -0.4 is 9.80 Å². The molecule has 2 nitrogen and oxygen atoms in total.